The molecule has 1 saturated heterocycles. The molecule has 1 aromatic heterocycles. The number of benzene rings is 2. The number of pyridine rings is 1. The van der Waals surface area contributed by atoms with E-state index in [2.05, 4.69) is 20.2 Å². The monoisotopic (exact) mass is 567 g/mol. The van der Waals surface area contributed by atoms with Crippen LogP contribution in [-0.4, -0.2) is 61.5 Å². The molecule has 4 rings (SSSR count). The highest BCUT2D eigenvalue weighted by Crippen LogP contribution is 2.30. The van der Waals surface area contributed by atoms with Crippen LogP contribution in [0.3, 0.4) is 0 Å². The zero-order valence-electron chi connectivity index (χ0n) is 22.7. The Balaban J connectivity index is 1.39. The number of carbonyl (C=O) groups is 1. The summed E-state index contributed by atoms with van der Waals surface area (Å²) in [6.07, 6.45) is 2.64. The second-order valence-electron chi connectivity index (χ2n) is 9.48. The van der Waals surface area contributed by atoms with E-state index >= 15 is 0 Å². The van der Waals surface area contributed by atoms with Gasteiger partial charge in [0.25, 0.3) is 5.91 Å². The zero-order valence-corrected chi connectivity index (χ0v) is 22.7. The van der Waals surface area contributed by atoms with Crippen LogP contribution in [-0.2, 0) is 10.9 Å². The molecule has 1 fully saturated rings. The van der Waals surface area contributed by atoms with Crippen LogP contribution >= 0.6 is 0 Å². The number of aryl methyl sites for hydroxylation is 1. The number of amides is 1. The Kier molecular flexibility index (Phi) is 10.1. The molecule has 1 aliphatic rings. The Morgan fingerprint density at radius 2 is 1.95 bits per heavy atom. The van der Waals surface area contributed by atoms with Crippen LogP contribution in [0.5, 0.6) is 5.75 Å². The summed E-state index contributed by atoms with van der Waals surface area (Å²) in [5.41, 5.74) is 7.98. The third-order valence-corrected chi connectivity index (χ3v) is 6.48. The number of nitrogens with two attached hydrogens (primary N) is 1. The number of ether oxygens (including phenoxy) is 2. The molecule has 0 spiro atoms. The van der Waals surface area contributed by atoms with E-state index in [0.29, 0.717) is 34.9 Å². The van der Waals surface area contributed by atoms with Crippen molar-refractivity contribution < 1.29 is 27.4 Å². The minimum atomic E-state index is -4.54. The fraction of sp³-hybridized carbons (Fsp3) is 0.300. The maximum absolute atomic E-state index is 13.0. The summed E-state index contributed by atoms with van der Waals surface area (Å²) in [5.74, 6) is -0.0435. The van der Waals surface area contributed by atoms with E-state index in [1.165, 1.54) is 18.3 Å². The SMILES string of the molecule is Cc1ccc(NC(=O)c2cccc(C(F)(F)F)c2)cc1N=CC(=CN)c1cncc(OCCCN2CCOCC2)c1. The van der Waals surface area contributed by atoms with Gasteiger partial charge in [-0.2, -0.15) is 13.2 Å². The van der Waals surface area contributed by atoms with Crippen LogP contribution in [0.2, 0.25) is 0 Å². The molecule has 8 nitrogen and oxygen atoms in total. The van der Waals surface area contributed by atoms with Crippen molar-refractivity contribution in [3.05, 3.63) is 89.4 Å². The number of aromatic nitrogens is 1. The number of hydrogen-bond donors (Lipinski definition) is 2. The van der Waals surface area contributed by atoms with Crippen LogP contribution in [0.15, 0.2) is 72.1 Å². The molecular formula is C30H32F3N5O3. The summed E-state index contributed by atoms with van der Waals surface area (Å²) in [4.78, 5) is 23.8. The summed E-state index contributed by atoms with van der Waals surface area (Å²) < 4.78 is 50.4. The molecule has 0 unspecified atom stereocenters. The van der Waals surface area contributed by atoms with Gasteiger partial charge in [0.2, 0.25) is 0 Å². The van der Waals surface area contributed by atoms with Crippen molar-refractivity contribution in [3.8, 4) is 5.75 Å². The van der Waals surface area contributed by atoms with Gasteiger partial charge in [0.15, 0.2) is 0 Å². The maximum atomic E-state index is 13.0. The van der Waals surface area contributed by atoms with Gasteiger partial charge in [-0.05, 0) is 55.3 Å². The van der Waals surface area contributed by atoms with E-state index < -0.39 is 17.6 Å². The number of anilines is 1. The fourth-order valence-electron chi connectivity index (χ4n) is 4.18. The van der Waals surface area contributed by atoms with Gasteiger partial charge in [-0.25, -0.2) is 0 Å². The summed E-state index contributed by atoms with van der Waals surface area (Å²) in [6.45, 7) is 6.75. The largest absolute Gasteiger partial charge is 0.492 e. The molecule has 216 valence electrons. The Labute approximate surface area is 236 Å². The number of alkyl halides is 3. The lowest BCUT2D eigenvalue weighted by Gasteiger charge is -2.26. The number of allylic oxidation sites excluding steroid dienone is 1. The van der Waals surface area contributed by atoms with E-state index in [1.807, 2.05) is 13.0 Å². The third-order valence-electron chi connectivity index (χ3n) is 6.48. The number of carbonyl (C=O) groups excluding carboxylic acids is 1. The van der Waals surface area contributed by atoms with Crippen LogP contribution in [0.1, 0.15) is 33.5 Å². The quantitative estimate of drug-likeness (QED) is 0.249. The lowest BCUT2D eigenvalue weighted by molar-refractivity contribution is -0.137. The van der Waals surface area contributed by atoms with Gasteiger partial charge in [-0.3, -0.25) is 19.7 Å². The molecular weight excluding hydrogens is 535 g/mol. The van der Waals surface area contributed by atoms with E-state index in [0.717, 1.165) is 57.0 Å². The molecule has 0 aliphatic carbocycles. The third kappa shape index (κ3) is 8.63. The number of halogens is 3. The van der Waals surface area contributed by atoms with Crippen molar-refractivity contribution in [2.45, 2.75) is 19.5 Å². The Bertz CT molecular complexity index is 1400. The molecule has 2 heterocycles. The molecule has 0 saturated carbocycles. The molecule has 3 aromatic rings. The normalized spacial score (nSPS) is 14.8. The van der Waals surface area contributed by atoms with E-state index in [9.17, 15) is 18.0 Å². The maximum Gasteiger partial charge on any atom is 0.416 e. The predicted octanol–water partition coefficient (Wildman–Crippen LogP) is 5.46. The van der Waals surface area contributed by atoms with Crippen molar-refractivity contribution >= 4 is 29.1 Å². The molecule has 1 aliphatic heterocycles. The average molecular weight is 568 g/mol. The van der Waals surface area contributed by atoms with E-state index in [-0.39, 0.29) is 5.56 Å². The Morgan fingerprint density at radius 1 is 1.15 bits per heavy atom. The fourth-order valence-corrected chi connectivity index (χ4v) is 4.18. The summed E-state index contributed by atoms with van der Waals surface area (Å²) >= 11 is 0. The number of nitrogens with zero attached hydrogens (tertiary/aromatic N) is 3. The predicted molar refractivity (Wildman–Crippen MR) is 153 cm³/mol. The summed E-state index contributed by atoms with van der Waals surface area (Å²) in [7, 11) is 0. The second-order valence-corrected chi connectivity index (χ2v) is 9.48. The highest BCUT2D eigenvalue weighted by Gasteiger charge is 2.30. The van der Waals surface area contributed by atoms with Gasteiger partial charge >= 0.3 is 6.18 Å². The number of morpholine rings is 1. The lowest BCUT2D eigenvalue weighted by atomic mass is 10.1. The average Bonchev–Trinajstić information content (AvgIpc) is 2.97. The van der Waals surface area contributed by atoms with Crippen LogP contribution in [0.25, 0.3) is 5.57 Å². The van der Waals surface area contributed by atoms with Gasteiger partial charge in [0.05, 0.1) is 37.3 Å². The molecule has 0 atom stereocenters. The van der Waals surface area contributed by atoms with Gasteiger partial charge in [0, 0.05) is 60.6 Å². The highest BCUT2D eigenvalue weighted by atomic mass is 19.4. The molecule has 0 bridgehead atoms. The first-order valence-electron chi connectivity index (χ1n) is 13.2. The minimum Gasteiger partial charge on any atom is -0.492 e. The summed E-state index contributed by atoms with van der Waals surface area (Å²) in [5, 5.41) is 2.64. The van der Waals surface area contributed by atoms with E-state index in [4.69, 9.17) is 15.2 Å². The molecule has 2 aromatic carbocycles. The van der Waals surface area contributed by atoms with Crippen molar-refractivity contribution in [3.63, 3.8) is 0 Å². The number of rotatable bonds is 10. The summed E-state index contributed by atoms with van der Waals surface area (Å²) in [6, 6.07) is 11.1. The standard InChI is InChI=1S/C30H32F3N5O3/c1-21-6-7-26(37-29(39)22-4-2-5-25(14-22)30(31,32)33)16-28(21)36-19-24(17-34)23-15-27(20-35-18-23)41-11-3-8-38-9-12-40-13-10-38/h2,4-7,14-20H,3,8-13,34H2,1H3,(H,37,39). The van der Waals surface area contributed by atoms with Crippen LogP contribution < -0.4 is 15.8 Å². The molecule has 1 amide bonds. The van der Waals surface area contributed by atoms with Gasteiger partial charge in [-0.1, -0.05) is 12.1 Å². The van der Waals surface area contributed by atoms with Gasteiger partial charge in [-0.15, -0.1) is 0 Å². The van der Waals surface area contributed by atoms with E-state index in [1.54, 1.807) is 36.8 Å². The number of aliphatic imine (C=N–C) groups is 1. The Hall–Kier alpha value is -4.22. The topological polar surface area (TPSA) is 102 Å². The van der Waals surface area contributed by atoms with Gasteiger partial charge < -0.3 is 20.5 Å². The molecule has 3 N–H and O–H groups in total. The lowest BCUT2D eigenvalue weighted by Crippen LogP contribution is -2.37. The smallest absolute Gasteiger partial charge is 0.416 e. The van der Waals surface area contributed by atoms with Crippen molar-refractivity contribution in [1.82, 2.24) is 9.88 Å². The van der Waals surface area contributed by atoms with Crippen molar-refractivity contribution in [2.24, 2.45) is 10.7 Å². The Morgan fingerprint density at radius 3 is 2.71 bits per heavy atom. The van der Waals surface area contributed by atoms with Gasteiger partial charge in [0.1, 0.15) is 5.75 Å². The first kappa shape index (κ1) is 29.8. The molecule has 41 heavy (non-hydrogen) atoms. The highest BCUT2D eigenvalue weighted by molar-refractivity contribution is 6.10. The van der Waals surface area contributed by atoms with Crippen molar-refractivity contribution in [1.29, 1.82) is 0 Å². The molecule has 11 heteroatoms. The number of nitrogens with one attached hydrogen (secondary N) is 1. The zero-order chi connectivity index (χ0) is 29.2. The van der Waals surface area contributed by atoms with Crippen LogP contribution in [0, 0.1) is 6.92 Å². The second kappa shape index (κ2) is 13.9. The first-order valence-corrected chi connectivity index (χ1v) is 13.2. The van der Waals surface area contributed by atoms with Crippen molar-refractivity contribution in [2.75, 3.05) is 44.8 Å². The number of hydrogen-bond acceptors (Lipinski definition) is 7. The minimum absolute atomic E-state index is 0.102. The van der Waals surface area contributed by atoms with Crippen LogP contribution in [0.4, 0.5) is 24.5 Å². The molecule has 0 radical (unpaired) electrons. The first-order chi connectivity index (χ1) is 19.7.